The molecule has 0 aliphatic carbocycles. The minimum atomic E-state index is 0.728. The van der Waals surface area contributed by atoms with Crippen molar-refractivity contribution in [2.75, 3.05) is 5.01 Å². The number of hydrogen-bond acceptors (Lipinski definition) is 2. The fraction of sp³-hybridized carbons (Fsp3) is 0.0417. The lowest BCUT2D eigenvalue weighted by Gasteiger charge is -2.19. The molecule has 2 nitrogen and oxygen atoms in total. The highest BCUT2D eigenvalue weighted by atomic mass is 15.4. The standard InChI is InChI=1S/C24H20N2/c1-3-10-20(11-4-1)19-26(23-15-5-2-6-16-23)25-18-22-14-9-13-21-12-7-8-17-24(21)22/h1-18H,19H2. The van der Waals surface area contributed by atoms with Crippen LogP contribution in [0.2, 0.25) is 0 Å². The summed E-state index contributed by atoms with van der Waals surface area (Å²) in [5.74, 6) is 0. The van der Waals surface area contributed by atoms with Crippen LogP contribution < -0.4 is 5.01 Å². The van der Waals surface area contributed by atoms with Crippen LogP contribution in [-0.2, 0) is 6.54 Å². The number of rotatable bonds is 5. The Kier molecular flexibility index (Phi) is 4.74. The Hall–Kier alpha value is -3.39. The van der Waals surface area contributed by atoms with Crippen molar-refractivity contribution in [3.05, 3.63) is 114 Å². The second-order valence-electron chi connectivity index (χ2n) is 6.19. The molecule has 0 spiro atoms. The normalized spacial score (nSPS) is 11.1. The zero-order chi connectivity index (χ0) is 17.6. The van der Waals surface area contributed by atoms with Gasteiger partial charge < -0.3 is 0 Å². The summed E-state index contributed by atoms with van der Waals surface area (Å²) in [6.45, 7) is 0.728. The number of para-hydroxylation sites is 1. The molecule has 0 bridgehead atoms. The van der Waals surface area contributed by atoms with E-state index in [-0.39, 0.29) is 0 Å². The van der Waals surface area contributed by atoms with Crippen LogP contribution >= 0.6 is 0 Å². The van der Waals surface area contributed by atoms with E-state index in [1.165, 1.54) is 16.3 Å². The van der Waals surface area contributed by atoms with Gasteiger partial charge in [0.05, 0.1) is 18.4 Å². The van der Waals surface area contributed by atoms with Gasteiger partial charge in [0.2, 0.25) is 0 Å². The molecule has 4 rings (SSSR count). The van der Waals surface area contributed by atoms with Gasteiger partial charge in [-0.3, -0.25) is 5.01 Å². The van der Waals surface area contributed by atoms with Crippen LogP contribution in [0.25, 0.3) is 10.8 Å². The largest absolute Gasteiger partial charge is 0.261 e. The summed E-state index contributed by atoms with van der Waals surface area (Å²) in [5, 5.41) is 9.30. The molecule has 0 saturated carbocycles. The monoisotopic (exact) mass is 336 g/mol. The molecule has 0 aliphatic heterocycles. The Morgan fingerprint density at radius 3 is 2.12 bits per heavy atom. The molecule has 0 aromatic heterocycles. The predicted molar refractivity (Wildman–Crippen MR) is 111 cm³/mol. The maximum atomic E-state index is 4.82. The van der Waals surface area contributed by atoms with Crippen LogP contribution in [-0.4, -0.2) is 6.21 Å². The summed E-state index contributed by atoms with van der Waals surface area (Å²) in [4.78, 5) is 0. The smallest absolute Gasteiger partial charge is 0.0666 e. The van der Waals surface area contributed by atoms with Crippen LogP contribution in [0.3, 0.4) is 0 Å². The Morgan fingerprint density at radius 2 is 1.31 bits per heavy atom. The van der Waals surface area contributed by atoms with Gasteiger partial charge in [-0.05, 0) is 28.5 Å². The summed E-state index contributed by atoms with van der Waals surface area (Å²) in [6, 6.07) is 35.4. The fourth-order valence-electron chi connectivity index (χ4n) is 3.05. The average Bonchev–Trinajstić information content (AvgIpc) is 2.72. The third-order valence-corrected chi connectivity index (χ3v) is 4.39. The summed E-state index contributed by atoms with van der Waals surface area (Å²) in [5.41, 5.74) is 3.43. The van der Waals surface area contributed by atoms with Gasteiger partial charge in [0.25, 0.3) is 0 Å². The molecule has 0 N–H and O–H groups in total. The molecule has 0 unspecified atom stereocenters. The lowest BCUT2D eigenvalue weighted by atomic mass is 10.1. The molecule has 4 aromatic rings. The minimum Gasteiger partial charge on any atom is -0.261 e. The van der Waals surface area contributed by atoms with Crippen molar-refractivity contribution in [2.24, 2.45) is 5.10 Å². The maximum absolute atomic E-state index is 4.82. The van der Waals surface area contributed by atoms with Gasteiger partial charge in [0.15, 0.2) is 0 Å². The van der Waals surface area contributed by atoms with Crippen molar-refractivity contribution < 1.29 is 0 Å². The van der Waals surface area contributed by atoms with Gasteiger partial charge in [-0.25, -0.2) is 0 Å². The molecule has 0 radical (unpaired) electrons. The first-order valence-electron chi connectivity index (χ1n) is 8.78. The van der Waals surface area contributed by atoms with Crippen molar-refractivity contribution in [3.8, 4) is 0 Å². The minimum absolute atomic E-state index is 0.728. The first kappa shape index (κ1) is 16.1. The maximum Gasteiger partial charge on any atom is 0.0666 e. The van der Waals surface area contributed by atoms with Gasteiger partial charge in [0.1, 0.15) is 0 Å². The van der Waals surface area contributed by atoms with Crippen LogP contribution in [0.4, 0.5) is 5.69 Å². The molecule has 0 amide bonds. The van der Waals surface area contributed by atoms with Crippen molar-refractivity contribution in [1.82, 2.24) is 0 Å². The van der Waals surface area contributed by atoms with E-state index in [9.17, 15) is 0 Å². The number of anilines is 1. The summed E-state index contributed by atoms with van der Waals surface area (Å²) < 4.78 is 0. The Morgan fingerprint density at radius 1 is 0.654 bits per heavy atom. The summed E-state index contributed by atoms with van der Waals surface area (Å²) in [7, 11) is 0. The highest BCUT2D eigenvalue weighted by Crippen LogP contribution is 2.20. The van der Waals surface area contributed by atoms with Crippen molar-refractivity contribution in [3.63, 3.8) is 0 Å². The predicted octanol–water partition coefficient (Wildman–Crippen LogP) is 5.88. The Balaban J connectivity index is 1.69. The van der Waals surface area contributed by atoms with Gasteiger partial charge in [-0.15, -0.1) is 0 Å². The fourth-order valence-corrected chi connectivity index (χ4v) is 3.05. The number of hydrogen-bond donors (Lipinski definition) is 0. The van der Waals surface area contributed by atoms with E-state index in [2.05, 4.69) is 78.9 Å². The lowest BCUT2D eigenvalue weighted by molar-refractivity contribution is 0.859. The molecule has 4 aromatic carbocycles. The van der Waals surface area contributed by atoms with E-state index in [0.717, 1.165) is 17.8 Å². The first-order chi connectivity index (χ1) is 12.9. The quantitative estimate of drug-likeness (QED) is 0.328. The molecule has 26 heavy (non-hydrogen) atoms. The van der Waals surface area contributed by atoms with E-state index in [1.54, 1.807) is 0 Å². The summed E-state index contributed by atoms with van der Waals surface area (Å²) in [6.07, 6.45) is 1.96. The number of benzene rings is 4. The van der Waals surface area contributed by atoms with E-state index in [0.29, 0.717) is 0 Å². The lowest BCUT2D eigenvalue weighted by Crippen LogP contribution is -2.16. The van der Waals surface area contributed by atoms with Crippen LogP contribution in [0.1, 0.15) is 11.1 Å². The molecule has 0 heterocycles. The Labute approximate surface area is 154 Å². The van der Waals surface area contributed by atoms with E-state index in [4.69, 9.17) is 5.10 Å². The highest BCUT2D eigenvalue weighted by Gasteiger charge is 2.06. The Bertz CT molecular complexity index is 1000. The van der Waals surface area contributed by atoms with E-state index >= 15 is 0 Å². The third kappa shape index (κ3) is 3.65. The number of fused-ring (bicyclic) bond motifs is 1. The third-order valence-electron chi connectivity index (χ3n) is 4.39. The first-order valence-corrected chi connectivity index (χ1v) is 8.78. The number of hydrazone groups is 1. The SMILES string of the molecule is C(=NN(Cc1ccccc1)c1ccccc1)c1cccc2ccccc12. The van der Waals surface area contributed by atoms with Gasteiger partial charge >= 0.3 is 0 Å². The molecular formula is C24H20N2. The van der Waals surface area contributed by atoms with Crippen molar-refractivity contribution in [1.29, 1.82) is 0 Å². The second-order valence-corrected chi connectivity index (χ2v) is 6.19. The highest BCUT2D eigenvalue weighted by molar-refractivity contribution is 5.99. The van der Waals surface area contributed by atoms with Crippen molar-refractivity contribution >= 4 is 22.7 Å². The van der Waals surface area contributed by atoms with Crippen LogP contribution in [0.15, 0.2) is 108 Å². The van der Waals surface area contributed by atoms with Crippen LogP contribution in [0.5, 0.6) is 0 Å². The average molecular weight is 336 g/mol. The van der Waals surface area contributed by atoms with Gasteiger partial charge in [-0.1, -0.05) is 91.0 Å². The van der Waals surface area contributed by atoms with Crippen molar-refractivity contribution in [2.45, 2.75) is 6.54 Å². The molecule has 0 fully saturated rings. The summed E-state index contributed by atoms with van der Waals surface area (Å²) >= 11 is 0. The van der Waals surface area contributed by atoms with Crippen LogP contribution in [0, 0.1) is 0 Å². The topological polar surface area (TPSA) is 15.6 Å². The number of nitrogens with zero attached hydrogens (tertiary/aromatic N) is 2. The van der Waals surface area contributed by atoms with Gasteiger partial charge in [-0.2, -0.15) is 5.10 Å². The molecule has 126 valence electrons. The zero-order valence-electron chi connectivity index (χ0n) is 14.5. The molecule has 0 atom stereocenters. The molecule has 0 saturated heterocycles. The van der Waals surface area contributed by atoms with E-state index < -0.39 is 0 Å². The van der Waals surface area contributed by atoms with E-state index in [1.807, 2.05) is 35.5 Å². The molecular weight excluding hydrogens is 316 g/mol. The second kappa shape index (κ2) is 7.66. The molecule has 2 heteroatoms. The zero-order valence-corrected chi connectivity index (χ0v) is 14.5. The molecule has 0 aliphatic rings. The van der Waals surface area contributed by atoms with Gasteiger partial charge in [0, 0.05) is 5.56 Å².